The maximum atomic E-state index is 10.3. The molecule has 0 amide bonds. The zero-order valence-electron chi connectivity index (χ0n) is 26.9. The predicted octanol–water partition coefficient (Wildman–Crippen LogP) is -17.6. The van der Waals surface area contributed by atoms with Gasteiger partial charge in [-0.25, -0.2) is 9.59 Å². The van der Waals surface area contributed by atoms with Crippen LogP contribution in [0.2, 0.25) is 0 Å². The van der Waals surface area contributed by atoms with Gasteiger partial charge in [-0.05, 0) is 0 Å². The zero-order valence-corrected chi connectivity index (χ0v) is 32.9. The number of carboxylic acids is 8. The molecule has 29 heteroatoms. The summed E-state index contributed by atoms with van der Waals surface area (Å²) >= 11 is 0. The number of carbonyl (C=O) groups excluding carboxylic acids is 4. The Kier molecular flexibility index (Phi) is 67.4. The fourth-order valence-corrected chi connectivity index (χ4v) is 1.48. The molecule has 0 aromatic carbocycles. The Morgan fingerprint density at radius 3 is 0.898 bits per heavy atom. The molecule has 0 aliphatic carbocycles. The van der Waals surface area contributed by atoms with E-state index >= 15 is 0 Å². The molecule has 272 valence electrons. The molecule has 0 heterocycles. The first-order valence-corrected chi connectivity index (χ1v) is 10.4. The van der Waals surface area contributed by atoms with Gasteiger partial charge in [-0.2, -0.15) is 0 Å². The fourth-order valence-electron chi connectivity index (χ4n) is 1.48. The van der Waals surface area contributed by atoms with E-state index in [1.165, 1.54) is 7.11 Å². The predicted molar refractivity (Wildman–Crippen MR) is 132 cm³/mol. The molecule has 49 heavy (non-hydrogen) atoms. The van der Waals surface area contributed by atoms with Gasteiger partial charge in [0.2, 0.25) is 0 Å². The largest absolute Gasteiger partial charge is 1.00 e. The first-order valence-electron chi connectivity index (χ1n) is 10.4. The van der Waals surface area contributed by atoms with E-state index in [-0.39, 0.29) is 112 Å². The minimum absolute atomic E-state index is 0. The van der Waals surface area contributed by atoms with Crippen molar-refractivity contribution in [1.29, 1.82) is 0 Å². The van der Waals surface area contributed by atoms with Crippen LogP contribution < -0.4 is 110 Å². The Morgan fingerprint density at radius 1 is 0.592 bits per heavy atom. The minimum Gasteiger partial charge on any atom is -0.550 e. The van der Waals surface area contributed by atoms with Crippen molar-refractivity contribution < 1.29 is 214 Å². The van der Waals surface area contributed by atoms with Crippen LogP contribution >= 0.6 is 0 Å². The van der Waals surface area contributed by atoms with Gasteiger partial charge in [0.25, 0.3) is 11.9 Å². The van der Waals surface area contributed by atoms with Crippen LogP contribution in [0.4, 0.5) is 4.79 Å². The number of ether oxygens (including phenoxy) is 1. The summed E-state index contributed by atoms with van der Waals surface area (Å²) in [5.41, 5.74) is -0.905. The Bertz CT molecular complexity index is 874. The van der Waals surface area contributed by atoms with E-state index in [4.69, 9.17) is 66.1 Å². The topological polar surface area (TPSA) is 520 Å². The van der Waals surface area contributed by atoms with Gasteiger partial charge in [0.1, 0.15) is 5.60 Å². The molecule has 0 unspecified atom stereocenters. The van der Waals surface area contributed by atoms with Crippen molar-refractivity contribution >= 4 is 59.9 Å². The summed E-state index contributed by atoms with van der Waals surface area (Å²) < 4.78 is 4.14. The molecule has 26 nitrogen and oxygen atoms in total. The second-order valence-corrected chi connectivity index (χ2v) is 7.00. The minimum atomic E-state index is -2.97. The van der Waals surface area contributed by atoms with Crippen molar-refractivity contribution in [3.63, 3.8) is 0 Å². The molecule has 0 saturated carbocycles. The molecular formula is C20H34NNa3O25. The number of aliphatic carboxylic acids is 8. The number of carbonyl (C=O) groups is 10. The van der Waals surface area contributed by atoms with Crippen LogP contribution in [0.3, 0.4) is 0 Å². The molecule has 15 N–H and O–H groups in total. The monoisotopic (exact) mass is 757 g/mol. The van der Waals surface area contributed by atoms with Crippen molar-refractivity contribution in [3.05, 3.63) is 0 Å². The van der Waals surface area contributed by atoms with Gasteiger partial charge in [-0.3, -0.25) is 24.0 Å². The average Bonchev–Trinajstić information content (AvgIpc) is 2.75. The standard InChI is InChI=1S/2C6H8O7.C3H7NO2.2C2H4O2.CH2O3.3Na.2H2O/c2*7-3(8)1-6(13,5(11)12)2-4(9)10;1-6-3(5)2-4;2*1-2(3)4;2-1(3)4;;;;;/h2*13H,1-2H2,(H,7,8)(H,9,10)(H,11,12);2,4H2,1H3;2*1H3,(H,3,4);(H2,2,3,4);;;;2*1H2/q;;;;;;3*+1;;/p-3. The number of aliphatic hydroxyl groups is 2. The van der Waals surface area contributed by atoms with Crippen LogP contribution in [0, 0.1) is 0 Å². The molecule has 0 atom stereocenters. The van der Waals surface area contributed by atoms with Crippen LogP contribution in [0.15, 0.2) is 0 Å². The normalized spacial score (nSPS) is 8.20. The van der Waals surface area contributed by atoms with Gasteiger partial charge in [0.05, 0.1) is 32.5 Å². The molecule has 0 aliphatic heterocycles. The summed E-state index contributed by atoms with van der Waals surface area (Å²) in [6.45, 7) is 2.14. The maximum Gasteiger partial charge on any atom is 1.00 e. The van der Waals surface area contributed by atoms with Crippen molar-refractivity contribution in [2.45, 2.75) is 50.7 Å². The summed E-state index contributed by atoms with van der Waals surface area (Å²) in [4.78, 5) is 96.9. The number of rotatable bonds is 11. The summed E-state index contributed by atoms with van der Waals surface area (Å²) in [5, 5.41) is 102. The van der Waals surface area contributed by atoms with E-state index < -0.39 is 90.8 Å². The van der Waals surface area contributed by atoms with Crippen LogP contribution in [0.1, 0.15) is 39.5 Å². The van der Waals surface area contributed by atoms with Gasteiger partial charge in [0.15, 0.2) is 5.60 Å². The first-order chi connectivity index (χ1) is 19.6. The van der Waals surface area contributed by atoms with E-state index in [1.807, 2.05) is 0 Å². The molecule has 0 bridgehead atoms. The van der Waals surface area contributed by atoms with E-state index in [0.717, 1.165) is 13.8 Å². The smallest absolute Gasteiger partial charge is 0.550 e. The maximum absolute atomic E-state index is 10.3. The van der Waals surface area contributed by atoms with E-state index in [2.05, 4.69) is 4.74 Å². The summed E-state index contributed by atoms with van der Waals surface area (Å²) in [6, 6.07) is 0. The molecule has 0 spiro atoms. The Labute approximate surface area is 341 Å². The quantitative estimate of drug-likeness (QED) is 0.0691. The Hall–Kier alpha value is -2.70. The number of hydrogen-bond acceptors (Lipinski definition) is 17. The molecule has 0 saturated heterocycles. The summed E-state index contributed by atoms with van der Waals surface area (Å²) in [6.07, 6.45) is -6.84. The van der Waals surface area contributed by atoms with Crippen molar-refractivity contribution in [1.82, 2.24) is 0 Å². The Morgan fingerprint density at radius 2 is 0.816 bits per heavy atom. The molecule has 0 rings (SSSR count). The van der Waals surface area contributed by atoms with Gasteiger partial charge < -0.3 is 97.1 Å². The van der Waals surface area contributed by atoms with E-state index in [0.29, 0.717) is 0 Å². The van der Waals surface area contributed by atoms with E-state index in [1.54, 1.807) is 0 Å². The van der Waals surface area contributed by atoms with Gasteiger partial charge in [-0.15, -0.1) is 0 Å². The second kappa shape index (κ2) is 43.3. The first kappa shape index (κ1) is 76.2. The molecule has 0 radical (unpaired) electrons. The van der Waals surface area contributed by atoms with Gasteiger partial charge in [0, 0.05) is 38.6 Å². The SMILES string of the molecule is CC(=O)O.CC(=O)O.COC(=O)CN.O.O.O=C(O)CC(O)(CC(=O)O)C(=O)O.O=C(O)O.O=C([O-])CC(O)(CC(=O)[O-])C(=O)[O-].[Na+].[Na+].[Na+]. The second-order valence-electron chi connectivity index (χ2n) is 7.00. The number of esters is 1. The molecule has 0 fully saturated rings. The fraction of sp³-hybridized carbons (Fsp3) is 0.500. The molecule has 0 aliphatic rings. The number of nitrogens with two attached hydrogens (primary N) is 1. The molecular weight excluding hydrogens is 723 g/mol. The number of methoxy groups -OCH3 is 1. The van der Waals surface area contributed by atoms with Crippen LogP contribution in [-0.4, -0.2) is 142 Å². The summed E-state index contributed by atoms with van der Waals surface area (Å²) in [5.74, 6) is -13.0. The molecule has 0 aromatic heterocycles. The van der Waals surface area contributed by atoms with Gasteiger partial charge in [-0.1, -0.05) is 0 Å². The third kappa shape index (κ3) is 76.6. The zero-order chi connectivity index (χ0) is 37.0. The third-order valence-corrected chi connectivity index (χ3v) is 2.93. The van der Waals surface area contributed by atoms with Crippen molar-refractivity contribution in [2.75, 3.05) is 13.7 Å². The molecule has 0 aromatic rings. The van der Waals surface area contributed by atoms with Crippen molar-refractivity contribution in [3.8, 4) is 0 Å². The number of hydrogen-bond donors (Lipinski definition) is 10. The van der Waals surface area contributed by atoms with Gasteiger partial charge >= 0.3 is 119 Å². The van der Waals surface area contributed by atoms with Crippen LogP contribution in [0.25, 0.3) is 0 Å². The van der Waals surface area contributed by atoms with E-state index in [9.17, 15) is 48.9 Å². The Balaban J connectivity index is -0.0000000415. The average molecular weight is 757 g/mol. The van der Waals surface area contributed by atoms with Crippen LogP contribution in [0.5, 0.6) is 0 Å². The third-order valence-electron chi connectivity index (χ3n) is 2.93. The summed E-state index contributed by atoms with van der Waals surface area (Å²) in [7, 11) is 1.30. The van der Waals surface area contributed by atoms with Crippen LogP contribution in [-0.2, 0) is 47.9 Å². The van der Waals surface area contributed by atoms with Crippen molar-refractivity contribution in [2.24, 2.45) is 5.73 Å². The number of carboxylic acid groups (broad SMARTS) is 10.